The van der Waals surface area contributed by atoms with Gasteiger partial charge in [-0.05, 0) is 18.8 Å². The lowest BCUT2D eigenvalue weighted by molar-refractivity contribution is -0.142. The average Bonchev–Trinajstić information content (AvgIpc) is 2.76. The predicted octanol–water partition coefficient (Wildman–Crippen LogP) is 1.92. The number of urea groups is 1. The summed E-state index contributed by atoms with van der Waals surface area (Å²) in [7, 11) is 0. The third kappa shape index (κ3) is 6.78. The van der Waals surface area contributed by atoms with Gasteiger partial charge in [-0.1, -0.05) is 25.9 Å². The Morgan fingerprint density at radius 1 is 1.38 bits per heavy atom. The van der Waals surface area contributed by atoms with Crippen molar-refractivity contribution >= 4 is 12.0 Å². The van der Waals surface area contributed by atoms with E-state index in [0.717, 1.165) is 0 Å². The summed E-state index contributed by atoms with van der Waals surface area (Å²) in [4.78, 5) is 22.8. The number of hydrogen-bond acceptors (Lipinski definition) is 4. The molecule has 1 unspecified atom stereocenters. The van der Waals surface area contributed by atoms with Crippen LogP contribution in [-0.4, -0.2) is 28.8 Å². The fourth-order valence-corrected chi connectivity index (χ4v) is 1.94. The van der Waals surface area contributed by atoms with Gasteiger partial charge in [-0.25, -0.2) is 4.79 Å². The van der Waals surface area contributed by atoms with Gasteiger partial charge in [-0.2, -0.15) is 0 Å². The molecule has 2 amide bonds. The van der Waals surface area contributed by atoms with Crippen LogP contribution in [0.15, 0.2) is 10.6 Å². The molecule has 0 aromatic carbocycles. The van der Waals surface area contributed by atoms with E-state index in [4.69, 9.17) is 9.63 Å². The molecule has 1 heterocycles. The lowest BCUT2D eigenvalue weighted by atomic mass is 9.84. The van der Waals surface area contributed by atoms with Gasteiger partial charge in [0.05, 0.1) is 12.5 Å². The number of nitrogens with zero attached hydrogens (tertiary/aromatic N) is 1. The molecule has 0 aliphatic heterocycles. The number of carboxylic acid groups (broad SMARTS) is 1. The summed E-state index contributed by atoms with van der Waals surface area (Å²) in [5.74, 6) is -0.842. The van der Waals surface area contributed by atoms with E-state index in [1.807, 2.05) is 20.8 Å². The zero-order valence-electron chi connectivity index (χ0n) is 12.9. The summed E-state index contributed by atoms with van der Waals surface area (Å²) in [6, 6.07) is 1.30. The highest BCUT2D eigenvalue weighted by Gasteiger charge is 2.24. The van der Waals surface area contributed by atoms with Gasteiger partial charge >= 0.3 is 12.0 Å². The lowest BCUT2D eigenvalue weighted by Gasteiger charge is -2.23. The summed E-state index contributed by atoms with van der Waals surface area (Å²) < 4.78 is 4.88. The molecule has 1 rings (SSSR count). The van der Waals surface area contributed by atoms with Crippen LogP contribution in [0.1, 0.15) is 38.6 Å². The molecule has 1 atom stereocenters. The maximum absolute atomic E-state index is 11.6. The number of aromatic nitrogens is 1. The normalized spacial score (nSPS) is 12.8. The number of amides is 2. The van der Waals surface area contributed by atoms with Crippen LogP contribution in [0, 0.1) is 18.3 Å². The van der Waals surface area contributed by atoms with Gasteiger partial charge in [0.1, 0.15) is 11.5 Å². The molecule has 0 aliphatic rings. The zero-order valence-corrected chi connectivity index (χ0v) is 12.9. The van der Waals surface area contributed by atoms with Crippen molar-refractivity contribution in [3.63, 3.8) is 0 Å². The number of rotatable bonds is 6. The van der Waals surface area contributed by atoms with Crippen molar-refractivity contribution in [2.45, 2.75) is 40.7 Å². The largest absolute Gasteiger partial charge is 0.481 e. The Hall–Kier alpha value is -2.05. The number of carbonyl (C=O) groups excluding carboxylic acids is 1. The highest BCUT2D eigenvalue weighted by atomic mass is 16.5. The first-order valence-electron chi connectivity index (χ1n) is 6.84. The van der Waals surface area contributed by atoms with Crippen molar-refractivity contribution in [2.75, 3.05) is 6.54 Å². The smallest absolute Gasteiger partial charge is 0.315 e. The van der Waals surface area contributed by atoms with E-state index in [2.05, 4.69) is 15.8 Å². The molecule has 118 valence electrons. The Balaban J connectivity index is 2.37. The summed E-state index contributed by atoms with van der Waals surface area (Å²) in [5, 5.41) is 18.1. The van der Waals surface area contributed by atoms with Crippen LogP contribution in [0.3, 0.4) is 0 Å². The van der Waals surface area contributed by atoms with Crippen LogP contribution in [-0.2, 0) is 11.3 Å². The Morgan fingerprint density at radius 2 is 2.05 bits per heavy atom. The maximum Gasteiger partial charge on any atom is 0.315 e. The Kier molecular flexibility index (Phi) is 5.75. The van der Waals surface area contributed by atoms with Crippen molar-refractivity contribution in [3.8, 4) is 0 Å². The van der Waals surface area contributed by atoms with E-state index >= 15 is 0 Å². The molecule has 1 aromatic heterocycles. The van der Waals surface area contributed by atoms with Gasteiger partial charge in [-0.15, -0.1) is 0 Å². The van der Waals surface area contributed by atoms with E-state index in [0.29, 0.717) is 17.9 Å². The third-order valence-corrected chi connectivity index (χ3v) is 2.82. The first kappa shape index (κ1) is 17.0. The van der Waals surface area contributed by atoms with Crippen molar-refractivity contribution in [2.24, 2.45) is 11.3 Å². The molecule has 21 heavy (non-hydrogen) atoms. The number of aliphatic carboxylic acids is 1. The highest BCUT2D eigenvalue weighted by Crippen LogP contribution is 2.24. The fraction of sp³-hybridized carbons (Fsp3) is 0.643. The molecule has 3 N–H and O–H groups in total. The Labute approximate surface area is 124 Å². The van der Waals surface area contributed by atoms with E-state index in [-0.39, 0.29) is 18.5 Å². The second kappa shape index (κ2) is 7.10. The van der Waals surface area contributed by atoms with Gasteiger partial charge in [0.15, 0.2) is 0 Å². The molecule has 0 aliphatic carbocycles. The first-order valence-corrected chi connectivity index (χ1v) is 6.84. The van der Waals surface area contributed by atoms with Crippen molar-refractivity contribution in [1.82, 2.24) is 15.8 Å². The monoisotopic (exact) mass is 297 g/mol. The number of aryl methyl sites for hydroxylation is 1. The van der Waals surface area contributed by atoms with Crippen molar-refractivity contribution in [1.29, 1.82) is 0 Å². The van der Waals surface area contributed by atoms with Crippen LogP contribution in [0.4, 0.5) is 4.79 Å². The summed E-state index contributed by atoms with van der Waals surface area (Å²) in [6.45, 7) is 8.00. The second-order valence-corrected chi connectivity index (χ2v) is 6.29. The van der Waals surface area contributed by atoms with E-state index < -0.39 is 17.9 Å². The molecule has 1 aromatic rings. The highest BCUT2D eigenvalue weighted by molar-refractivity contribution is 5.75. The lowest BCUT2D eigenvalue weighted by Crippen LogP contribution is -2.40. The van der Waals surface area contributed by atoms with Crippen molar-refractivity contribution in [3.05, 3.63) is 17.5 Å². The molecule has 0 spiro atoms. The summed E-state index contributed by atoms with van der Waals surface area (Å²) in [6.07, 6.45) is 0.491. The van der Waals surface area contributed by atoms with Crippen molar-refractivity contribution < 1.29 is 19.2 Å². The minimum absolute atomic E-state index is 0.0935. The Morgan fingerprint density at radius 3 is 2.52 bits per heavy atom. The van der Waals surface area contributed by atoms with Gasteiger partial charge < -0.3 is 20.3 Å². The van der Waals surface area contributed by atoms with Crippen LogP contribution >= 0.6 is 0 Å². The number of carboxylic acids is 1. The molecular weight excluding hydrogens is 274 g/mol. The van der Waals surface area contributed by atoms with E-state index in [1.54, 1.807) is 13.0 Å². The number of nitrogens with one attached hydrogen (secondary N) is 2. The topological polar surface area (TPSA) is 104 Å². The second-order valence-electron chi connectivity index (χ2n) is 6.29. The quantitative estimate of drug-likeness (QED) is 0.744. The molecule has 0 bridgehead atoms. The minimum Gasteiger partial charge on any atom is -0.481 e. The number of hydrogen-bond donors (Lipinski definition) is 3. The van der Waals surface area contributed by atoms with Crippen LogP contribution in [0.2, 0.25) is 0 Å². The zero-order chi connectivity index (χ0) is 16.0. The van der Waals surface area contributed by atoms with Gasteiger partial charge in [0.2, 0.25) is 0 Å². The maximum atomic E-state index is 11.6. The third-order valence-electron chi connectivity index (χ3n) is 2.82. The Bertz CT molecular complexity index is 491. The van der Waals surface area contributed by atoms with Gasteiger partial charge in [0, 0.05) is 12.6 Å². The van der Waals surface area contributed by atoms with E-state index in [1.165, 1.54) is 0 Å². The SMILES string of the molecule is Cc1cc(CNC(=O)NCC(CC(C)(C)C)C(=O)O)no1. The van der Waals surface area contributed by atoms with Crippen LogP contribution in [0.5, 0.6) is 0 Å². The standard InChI is InChI=1S/C14H23N3O4/c1-9-5-11(17-21-9)8-16-13(20)15-7-10(12(18)19)6-14(2,3)4/h5,10H,6-8H2,1-4H3,(H,18,19)(H2,15,16,20). The molecular formula is C14H23N3O4. The molecule has 7 heteroatoms. The molecule has 7 nitrogen and oxygen atoms in total. The fourth-order valence-electron chi connectivity index (χ4n) is 1.94. The molecule has 0 saturated carbocycles. The average molecular weight is 297 g/mol. The van der Waals surface area contributed by atoms with Crippen LogP contribution < -0.4 is 10.6 Å². The van der Waals surface area contributed by atoms with Gasteiger partial charge in [-0.3, -0.25) is 4.79 Å². The molecule has 0 saturated heterocycles. The van der Waals surface area contributed by atoms with E-state index in [9.17, 15) is 9.59 Å². The van der Waals surface area contributed by atoms with Gasteiger partial charge in [0.25, 0.3) is 0 Å². The predicted molar refractivity (Wildman–Crippen MR) is 76.7 cm³/mol. The number of carbonyl (C=O) groups is 2. The summed E-state index contributed by atoms with van der Waals surface area (Å²) in [5.41, 5.74) is 0.506. The molecule has 0 fully saturated rings. The molecule has 0 radical (unpaired) electrons. The first-order chi connectivity index (χ1) is 9.67. The minimum atomic E-state index is -0.905. The summed E-state index contributed by atoms with van der Waals surface area (Å²) >= 11 is 0. The van der Waals surface area contributed by atoms with Crippen LogP contribution in [0.25, 0.3) is 0 Å².